The first kappa shape index (κ1) is 20.1. The van der Waals surface area contributed by atoms with Gasteiger partial charge in [-0.1, -0.05) is 56.3 Å². The summed E-state index contributed by atoms with van der Waals surface area (Å²) in [4.78, 5) is 37.0. The van der Waals surface area contributed by atoms with Crippen LogP contribution in [0.15, 0.2) is 65.3 Å². The lowest BCUT2D eigenvalue weighted by molar-refractivity contribution is -0.130. The number of hydrazine groups is 1. The number of hydrogen-bond acceptors (Lipinski definition) is 4. The van der Waals surface area contributed by atoms with Crippen LogP contribution in [0.25, 0.3) is 10.8 Å². The SMILES string of the molecule is CC(C)C(NC(=O)c1ccco1)C(=O)NNC(=O)Cc1cccc2ccccc12. The van der Waals surface area contributed by atoms with E-state index in [1.54, 1.807) is 19.9 Å². The topological polar surface area (TPSA) is 100 Å². The molecule has 3 amide bonds. The van der Waals surface area contributed by atoms with Gasteiger partial charge >= 0.3 is 0 Å². The molecule has 0 spiro atoms. The van der Waals surface area contributed by atoms with Gasteiger partial charge in [0.15, 0.2) is 5.76 Å². The fourth-order valence-corrected chi connectivity index (χ4v) is 3.03. The molecule has 150 valence electrons. The Morgan fingerprint density at radius 1 is 0.931 bits per heavy atom. The lowest BCUT2D eigenvalue weighted by Crippen LogP contribution is -2.54. The van der Waals surface area contributed by atoms with Crippen LogP contribution >= 0.6 is 0 Å². The fourth-order valence-electron chi connectivity index (χ4n) is 3.03. The zero-order valence-electron chi connectivity index (χ0n) is 16.3. The molecule has 0 radical (unpaired) electrons. The van der Waals surface area contributed by atoms with Crippen molar-refractivity contribution in [1.29, 1.82) is 0 Å². The first-order valence-electron chi connectivity index (χ1n) is 9.35. The highest BCUT2D eigenvalue weighted by molar-refractivity contribution is 5.96. The number of carbonyl (C=O) groups is 3. The molecule has 3 aromatic rings. The number of rotatable bonds is 6. The maximum absolute atomic E-state index is 12.5. The average molecular weight is 393 g/mol. The standard InChI is InChI=1S/C22H23N3O4/c1-14(2)20(23-21(27)18-11-6-12-29-18)22(28)25-24-19(26)13-16-9-5-8-15-7-3-4-10-17(15)16/h3-12,14,20H,13H2,1-2H3,(H,23,27)(H,24,26)(H,25,28). The predicted octanol–water partition coefficient (Wildman–Crippen LogP) is 2.58. The molecule has 7 heteroatoms. The summed E-state index contributed by atoms with van der Waals surface area (Å²) in [5, 5.41) is 4.65. The van der Waals surface area contributed by atoms with E-state index in [9.17, 15) is 14.4 Å². The second-order valence-electron chi connectivity index (χ2n) is 7.02. The van der Waals surface area contributed by atoms with E-state index in [-0.39, 0.29) is 24.0 Å². The fraction of sp³-hybridized carbons (Fsp3) is 0.227. The molecule has 0 aliphatic heterocycles. The molecule has 0 aliphatic rings. The van der Waals surface area contributed by atoms with Crippen molar-refractivity contribution in [2.24, 2.45) is 5.92 Å². The number of fused-ring (bicyclic) bond motifs is 1. The Kier molecular flexibility index (Phi) is 6.29. The van der Waals surface area contributed by atoms with Gasteiger partial charge in [0, 0.05) is 0 Å². The number of hydrogen-bond donors (Lipinski definition) is 3. The van der Waals surface area contributed by atoms with Crippen LogP contribution in [0, 0.1) is 5.92 Å². The Labute approximate surface area is 168 Å². The maximum Gasteiger partial charge on any atom is 0.287 e. The minimum atomic E-state index is -0.828. The lowest BCUT2D eigenvalue weighted by atomic mass is 10.0. The molecule has 0 aliphatic carbocycles. The molecule has 7 nitrogen and oxygen atoms in total. The van der Waals surface area contributed by atoms with Crippen molar-refractivity contribution in [3.8, 4) is 0 Å². The largest absolute Gasteiger partial charge is 0.459 e. The summed E-state index contributed by atoms with van der Waals surface area (Å²) in [5.74, 6) is -1.43. The molecule has 0 fully saturated rings. The van der Waals surface area contributed by atoms with Gasteiger partial charge in [0.1, 0.15) is 6.04 Å². The summed E-state index contributed by atoms with van der Waals surface area (Å²) in [7, 11) is 0. The molecule has 1 heterocycles. The zero-order chi connectivity index (χ0) is 20.8. The summed E-state index contributed by atoms with van der Waals surface area (Å²) >= 11 is 0. The minimum absolute atomic E-state index is 0.114. The van der Waals surface area contributed by atoms with E-state index in [0.29, 0.717) is 0 Å². The van der Waals surface area contributed by atoms with Gasteiger partial charge in [-0.05, 0) is 34.4 Å². The third-order valence-corrected chi connectivity index (χ3v) is 4.54. The maximum atomic E-state index is 12.5. The normalized spacial score (nSPS) is 11.8. The molecule has 1 atom stereocenters. The van der Waals surface area contributed by atoms with Gasteiger partial charge in [-0.3, -0.25) is 25.2 Å². The van der Waals surface area contributed by atoms with Gasteiger partial charge in [0.2, 0.25) is 5.91 Å². The second kappa shape index (κ2) is 9.05. The van der Waals surface area contributed by atoms with E-state index >= 15 is 0 Å². The number of benzene rings is 2. The van der Waals surface area contributed by atoms with E-state index in [4.69, 9.17) is 4.42 Å². The smallest absolute Gasteiger partial charge is 0.287 e. The molecule has 0 saturated heterocycles. The summed E-state index contributed by atoms with van der Waals surface area (Å²) in [6.07, 6.45) is 1.50. The van der Waals surface area contributed by atoms with Crippen LogP contribution in [-0.4, -0.2) is 23.8 Å². The number of furan rings is 1. The third-order valence-electron chi connectivity index (χ3n) is 4.54. The number of carbonyl (C=O) groups excluding carboxylic acids is 3. The highest BCUT2D eigenvalue weighted by Crippen LogP contribution is 2.18. The van der Waals surface area contributed by atoms with Crippen LogP contribution in [0.4, 0.5) is 0 Å². The molecule has 2 aromatic carbocycles. The molecule has 1 aromatic heterocycles. The zero-order valence-corrected chi connectivity index (χ0v) is 16.3. The van der Waals surface area contributed by atoms with Crippen molar-refractivity contribution in [3.05, 3.63) is 72.2 Å². The summed E-state index contributed by atoms with van der Waals surface area (Å²) < 4.78 is 5.04. The Hall–Kier alpha value is -3.61. The Morgan fingerprint density at radius 2 is 1.69 bits per heavy atom. The molecular formula is C22H23N3O4. The predicted molar refractivity (Wildman–Crippen MR) is 109 cm³/mol. The number of nitrogens with one attached hydrogen (secondary N) is 3. The van der Waals surface area contributed by atoms with Crippen LogP contribution in [0.2, 0.25) is 0 Å². The quantitative estimate of drug-likeness (QED) is 0.561. The van der Waals surface area contributed by atoms with E-state index in [1.807, 2.05) is 42.5 Å². The van der Waals surface area contributed by atoms with Crippen LogP contribution in [0.1, 0.15) is 30.0 Å². The van der Waals surface area contributed by atoms with Crippen molar-refractivity contribution < 1.29 is 18.8 Å². The van der Waals surface area contributed by atoms with Gasteiger partial charge in [-0.2, -0.15) is 0 Å². The third kappa shape index (κ3) is 5.01. The lowest BCUT2D eigenvalue weighted by Gasteiger charge is -2.21. The average Bonchev–Trinajstić information content (AvgIpc) is 3.25. The van der Waals surface area contributed by atoms with Crippen molar-refractivity contribution in [1.82, 2.24) is 16.2 Å². The first-order chi connectivity index (χ1) is 14.0. The van der Waals surface area contributed by atoms with Crippen LogP contribution in [0.5, 0.6) is 0 Å². The Bertz CT molecular complexity index is 1010. The van der Waals surface area contributed by atoms with Crippen molar-refractivity contribution in [3.63, 3.8) is 0 Å². The monoisotopic (exact) mass is 393 g/mol. The van der Waals surface area contributed by atoms with E-state index in [0.717, 1.165) is 16.3 Å². The Morgan fingerprint density at radius 3 is 2.41 bits per heavy atom. The summed E-state index contributed by atoms with van der Waals surface area (Å²) in [6.45, 7) is 3.59. The molecule has 1 unspecified atom stereocenters. The Balaban J connectivity index is 1.59. The van der Waals surface area contributed by atoms with Gasteiger partial charge in [-0.25, -0.2) is 0 Å². The second-order valence-corrected chi connectivity index (χ2v) is 7.02. The molecule has 3 N–H and O–H groups in total. The van der Waals surface area contributed by atoms with E-state index in [2.05, 4.69) is 16.2 Å². The van der Waals surface area contributed by atoms with Gasteiger partial charge in [0.25, 0.3) is 11.8 Å². The minimum Gasteiger partial charge on any atom is -0.459 e. The van der Waals surface area contributed by atoms with Gasteiger partial charge in [0.05, 0.1) is 12.7 Å². The van der Waals surface area contributed by atoms with Crippen molar-refractivity contribution in [2.75, 3.05) is 0 Å². The van der Waals surface area contributed by atoms with Crippen LogP contribution < -0.4 is 16.2 Å². The summed E-state index contributed by atoms with van der Waals surface area (Å²) in [5.41, 5.74) is 5.69. The van der Waals surface area contributed by atoms with Crippen LogP contribution in [-0.2, 0) is 16.0 Å². The van der Waals surface area contributed by atoms with Gasteiger partial charge < -0.3 is 9.73 Å². The van der Waals surface area contributed by atoms with Crippen LogP contribution in [0.3, 0.4) is 0 Å². The van der Waals surface area contributed by atoms with Crippen molar-refractivity contribution in [2.45, 2.75) is 26.3 Å². The van der Waals surface area contributed by atoms with Gasteiger partial charge in [-0.15, -0.1) is 0 Å². The van der Waals surface area contributed by atoms with Crippen molar-refractivity contribution >= 4 is 28.5 Å². The first-order valence-corrected chi connectivity index (χ1v) is 9.35. The summed E-state index contributed by atoms with van der Waals surface area (Å²) in [6, 6.07) is 15.8. The highest BCUT2D eigenvalue weighted by atomic mass is 16.3. The molecule has 0 bridgehead atoms. The number of amides is 3. The molecule has 0 saturated carbocycles. The molecular weight excluding hydrogens is 370 g/mol. The molecule has 3 rings (SSSR count). The van der Waals surface area contributed by atoms with E-state index in [1.165, 1.54) is 12.3 Å². The molecule has 29 heavy (non-hydrogen) atoms. The van der Waals surface area contributed by atoms with E-state index < -0.39 is 17.9 Å². The highest BCUT2D eigenvalue weighted by Gasteiger charge is 2.26.